The summed E-state index contributed by atoms with van der Waals surface area (Å²) < 4.78 is 0. The first-order valence-electron chi connectivity index (χ1n) is 7.45. The number of rotatable bonds is 6. The second-order valence-corrected chi connectivity index (χ2v) is 6.72. The van der Waals surface area contributed by atoms with Gasteiger partial charge in [-0.05, 0) is 42.0 Å². The summed E-state index contributed by atoms with van der Waals surface area (Å²) in [5.74, 6) is 2.14. The van der Waals surface area contributed by atoms with Gasteiger partial charge in [0.25, 0.3) is 0 Å². The standard InChI is InChI=1S/C17H25ClN2/c1-11(2)16(12(3)4)10-19-8-13-9-20-17-7-14(18)5-6-15(13)17/h5-7,9,11-12,16,19-20H,8,10H2,1-4H3. The Morgan fingerprint density at radius 2 is 1.85 bits per heavy atom. The van der Waals surface area contributed by atoms with Gasteiger partial charge in [-0.3, -0.25) is 0 Å². The van der Waals surface area contributed by atoms with Gasteiger partial charge >= 0.3 is 0 Å². The summed E-state index contributed by atoms with van der Waals surface area (Å²) in [6, 6.07) is 6.02. The van der Waals surface area contributed by atoms with Crippen LogP contribution in [0.4, 0.5) is 0 Å². The summed E-state index contributed by atoms with van der Waals surface area (Å²) in [5, 5.41) is 5.64. The minimum atomic E-state index is 0.712. The highest BCUT2D eigenvalue weighted by molar-refractivity contribution is 6.31. The number of H-pyrrole nitrogens is 1. The number of hydrogen-bond donors (Lipinski definition) is 2. The predicted molar refractivity (Wildman–Crippen MR) is 88.2 cm³/mol. The first kappa shape index (κ1) is 15.4. The van der Waals surface area contributed by atoms with Crippen molar-refractivity contribution in [3.8, 4) is 0 Å². The molecule has 0 amide bonds. The molecule has 0 aliphatic rings. The third-order valence-corrected chi connectivity index (χ3v) is 4.37. The Hall–Kier alpha value is -0.990. The maximum atomic E-state index is 6.01. The van der Waals surface area contributed by atoms with Crippen LogP contribution in [0.3, 0.4) is 0 Å². The van der Waals surface area contributed by atoms with Crippen LogP contribution in [0.15, 0.2) is 24.4 Å². The lowest BCUT2D eigenvalue weighted by atomic mass is 9.85. The zero-order valence-electron chi connectivity index (χ0n) is 12.8. The first-order chi connectivity index (χ1) is 9.49. The Kier molecular flexibility index (Phi) is 5.11. The third kappa shape index (κ3) is 3.56. The van der Waals surface area contributed by atoms with Gasteiger partial charge in [0.1, 0.15) is 0 Å². The van der Waals surface area contributed by atoms with E-state index < -0.39 is 0 Å². The highest BCUT2D eigenvalue weighted by Crippen LogP contribution is 2.23. The fourth-order valence-corrected chi connectivity index (χ4v) is 3.09. The van der Waals surface area contributed by atoms with E-state index in [4.69, 9.17) is 11.6 Å². The monoisotopic (exact) mass is 292 g/mol. The molecule has 20 heavy (non-hydrogen) atoms. The quantitative estimate of drug-likeness (QED) is 0.783. The molecule has 0 spiro atoms. The summed E-state index contributed by atoms with van der Waals surface area (Å²) >= 11 is 6.01. The van der Waals surface area contributed by atoms with Gasteiger partial charge in [0.05, 0.1) is 0 Å². The number of nitrogens with one attached hydrogen (secondary N) is 2. The topological polar surface area (TPSA) is 27.8 Å². The second kappa shape index (κ2) is 6.64. The number of benzene rings is 1. The average Bonchev–Trinajstić information content (AvgIpc) is 2.76. The molecule has 1 aromatic carbocycles. The fraction of sp³-hybridized carbons (Fsp3) is 0.529. The molecule has 0 atom stereocenters. The number of halogens is 1. The summed E-state index contributed by atoms with van der Waals surface area (Å²) in [4.78, 5) is 3.29. The maximum Gasteiger partial charge on any atom is 0.0472 e. The molecule has 2 aromatic rings. The molecule has 2 rings (SSSR count). The minimum absolute atomic E-state index is 0.712. The largest absolute Gasteiger partial charge is 0.361 e. The van der Waals surface area contributed by atoms with Crippen molar-refractivity contribution in [3.63, 3.8) is 0 Å². The van der Waals surface area contributed by atoms with Gasteiger partial charge in [-0.25, -0.2) is 0 Å². The van der Waals surface area contributed by atoms with E-state index in [9.17, 15) is 0 Å². The van der Waals surface area contributed by atoms with E-state index in [1.165, 1.54) is 10.9 Å². The van der Waals surface area contributed by atoms with Crippen LogP contribution in [0.25, 0.3) is 10.9 Å². The van der Waals surface area contributed by atoms with Crippen molar-refractivity contribution in [1.29, 1.82) is 0 Å². The molecule has 0 aliphatic carbocycles. The number of aromatic amines is 1. The summed E-state index contributed by atoms with van der Waals surface area (Å²) in [7, 11) is 0. The van der Waals surface area contributed by atoms with Gasteiger partial charge in [0.2, 0.25) is 0 Å². The smallest absolute Gasteiger partial charge is 0.0472 e. The molecule has 0 saturated heterocycles. The third-order valence-electron chi connectivity index (χ3n) is 4.14. The molecule has 110 valence electrons. The highest BCUT2D eigenvalue weighted by Gasteiger charge is 2.16. The van der Waals surface area contributed by atoms with Crippen molar-refractivity contribution in [1.82, 2.24) is 10.3 Å². The Balaban J connectivity index is 1.99. The van der Waals surface area contributed by atoms with Crippen LogP contribution < -0.4 is 5.32 Å². The second-order valence-electron chi connectivity index (χ2n) is 6.29. The SMILES string of the molecule is CC(C)C(CNCc1c[nH]c2cc(Cl)ccc12)C(C)C. The van der Waals surface area contributed by atoms with Crippen LogP contribution in [-0.2, 0) is 6.54 Å². The average molecular weight is 293 g/mol. The van der Waals surface area contributed by atoms with Crippen LogP contribution >= 0.6 is 11.6 Å². The summed E-state index contributed by atoms with van der Waals surface area (Å²) in [6.45, 7) is 11.2. The zero-order valence-corrected chi connectivity index (χ0v) is 13.6. The van der Waals surface area contributed by atoms with E-state index in [1.54, 1.807) is 0 Å². The van der Waals surface area contributed by atoms with E-state index in [0.717, 1.165) is 29.5 Å². The molecule has 2 N–H and O–H groups in total. The van der Waals surface area contributed by atoms with Crippen LogP contribution in [0.2, 0.25) is 5.02 Å². The molecule has 0 radical (unpaired) electrons. The van der Waals surface area contributed by atoms with Crippen molar-refractivity contribution >= 4 is 22.5 Å². The predicted octanol–water partition coefficient (Wildman–Crippen LogP) is 4.84. The normalized spacial score (nSPS) is 12.2. The van der Waals surface area contributed by atoms with Gasteiger partial charge in [0, 0.05) is 28.7 Å². The van der Waals surface area contributed by atoms with E-state index >= 15 is 0 Å². The first-order valence-corrected chi connectivity index (χ1v) is 7.83. The van der Waals surface area contributed by atoms with Crippen LogP contribution in [-0.4, -0.2) is 11.5 Å². The van der Waals surface area contributed by atoms with Crippen LogP contribution in [0.1, 0.15) is 33.3 Å². The fourth-order valence-electron chi connectivity index (χ4n) is 2.92. The number of hydrogen-bond acceptors (Lipinski definition) is 1. The van der Waals surface area contributed by atoms with Gasteiger partial charge in [0.15, 0.2) is 0 Å². The summed E-state index contributed by atoms with van der Waals surface area (Å²) in [5.41, 5.74) is 2.42. The van der Waals surface area contributed by atoms with E-state index in [0.29, 0.717) is 11.8 Å². The molecular weight excluding hydrogens is 268 g/mol. The van der Waals surface area contributed by atoms with E-state index in [-0.39, 0.29) is 0 Å². The molecule has 1 aromatic heterocycles. The molecule has 0 saturated carbocycles. The molecule has 0 bridgehead atoms. The lowest BCUT2D eigenvalue weighted by Crippen LogP contribution is -2.29. The van der Waals surface area contributed by atoms with Crippen LogP contribution in [0.5, 0.6) is 0 Å². The van der Waals surface area contributed by atoms with E-state index in [2.05, 4.69) is 50.3 Å². The minimum Gasteiger partial charge on any atom is -0.361 e. The number of fused-ring (bicyclic) bond motifs is 1. The summed E-state index contributed by atoms with van der Waals surface area (Å²) in [6.07, 6.45) is 2.08. The zero-order chi connectivity index (χ0) is 14.7. The van der Waals surface area contributed by atoms with Crippen molar-refractivity contribution in [2.75, 3.05) is 6.54 Å². The number of aromatic nitrogens is 1. The van der Waals surface area contributed by atoms with Crippen molar-refractivity contribution in [2.45, 2.75) is 34.2 Å². The molecule has 1 heterocycles. The molecule has 2 nitrogen and oxygen atoms in total. The van der Waals surface area contributed by atoms with Gasteiger partial charge in [-0.2, -0.15) is 0 Å². The van der Waals surface area contributed by atoms with Gasteiger partial charge in [-0.1, -0.05) is 45.4 Å². The Morgan fingerprint density at radius 3 is 2.50 bits per heavy atom. The van der Waals surface area contributed by atoms with E-state index in [1.807, 2.05) is 12.1 Å². The highest BCUT2D eigenvalue weighted by atomic mass is 35.5. The maximum absolute atomic E-state index is 6.01. The molecule has 0 aliphatic heterocycles. The van der Waals surface area contributed by atoms with Gasteiger partial charge in [-0.15, -0.1) is 0 Å². The molecule has 0 fully saturated rings. The molecule has 3 heteroatoms. The molecule has 0 unspecified atom stereocenters. The Bertz CT molecular complexity index is 549. The lowest BCUT2D eigenvalue weighted by Gasteiger charge is -2.25. The van der Waals surface area contributed by atoms with Crippen molar-refractivity contribution < 1.29 is 0 Å². The van der Waals surface area contributed by atoms with Gasteiger partial charge < -0.3 is 10.3 Å². The Labute approximate surface area is 126 Å². The Morgan fingerprint density at radius 1 is 1.15 bits per heavy atom. The van der Waals surface area contributed by atoms with Crippen LogP contribution in [0, 0.1) is 17.8 Å². The lowest BCUT2D eigenvalue weighted by molar-refractivity contribution is 0.275. The van der Waals surface area contributed by atoms with Crippen molar-refractivity contribution in [3.05, 3.63) is 35.0 Å². The van der Waals surface area contributed by atoms with Crippen molar-refractivity contribution in [2.24, 2.45) is 17.8 Å². The molecular formula is C17H25ClN2.